The van der Waals surface area contributed by atoms with Crippen molar-refractivity contribution in [3.05, 3.63) is 28.8 Å². The van der Waals surface area contributed by atoms with Gasteiger partial charge in [0, 0.05) is 25.7 Å². The molecule has 17 heavy (non-hydrogen) atoms. The van der Waals surface area contributed by atoms with Crippen LogP contribution in [0, 0.1) is 0 Å². The number of halogens is 1. The molecule has 4 heteroatoms. The van der Waals surface area contributed by atoms with Gasteiger partial charge in [-0.3, -0.25) is 0 Å². The van der Waals surface area contributed by atoms with E-state index in [-0.39, 0.29) is 6.10 Å². The Bertz CT molecular complexity index is 376. The second-order valence-electron chi connectivity index (χ2n) is 4.57. The van der Waals surface area contributed by atoms with E-state index < -0.39 is 0 Å². The van der Waals surface area contributed by atoms with Crippen molar-refractivity contribution in [3.8, 4) is 5.75 Å². The summed E-state index contributed by atoms with van der Waals surface area (Å²) >= 11 is 6.22. The predicted molar refractivity (Wildman–Crippen MR) is 70.8 cm³/mol. The topological polar surface area (TPSA) is 33.3 Å². The van der Waals surface area contributed by atoms with E-state index in [0.29, 0.717) is 11.1 Å². The normalized spacial score (nSPS) is 20.6. The van der Waals surface area contributed by atoms with Crippen molar-refractivity contribution in [2.75, 3.05) is 19.6 Å². The fourth-order valence-corrected chi connectivity index (χ4v) is 2.21. The molecule has 1 aliphatic heterocycles. The first-order chi connectivity index (χ1) is 8.16. The average Bonchev–Trinajstić information content (AvgIpc) is 2.32. The molecule has 94 valence electrons. The molecule has 2 rings (SSSR count). The minimum atomic E-state index is 0.146. The lowest BCUT2D eigenvalue weighted by molar-refractivity contribution is 0.242. The molecule has 2 N–H and O–H groups in total. The van der Waals surface area contributed by atoms with Gasteiger partial charge in [-0.25, -0.2) is 0 Å². The molecule has 1 atom stereocenters. The predicted octanol–water partition coefficient (Wildman–Crippen LogP) is 2.36. The molecule has 0 radical (unpaired) electrons. The van der Waals surface area contributed by atoms with Gasteiger partial charge in [0.05, 0.1) is 11.1 Å². The Morgan fingerprint density at radius 2 is 2.18 bits per heavy atom. The van der Waals surface area contributed by atoms with E-state index >= 15 is 0 Å². The summed E-state index contributed by atoms with van der Waals surface area (Å²) in [6.45, 7) is 6.96. The number of piperazine rings is 1. The number of rotatable bonds is 3. The highest BCUT2D eigenvalue weighted by Crippen LogP contribution is 2.28. The Hall–Kier alpha value is -0.770. The van der Waals surface area contributed by atoms with Gasteiger partial charge in [-0.1, -0.05) is 17.7 Å². The molecule has 0 amide bonds. The number of hydrogen-bond donors (Lipinski definition) is 2. The number of benzene rings is 1. The fourth-order valence-electron chi connectivity index (χ4n) is 1.97. The molecule has 0 spiro atoms. The van der Waals surface area contributed by atoms with Crippen molar-refractivity contribution in [2.45, 2.75) is 26.0 Å². The highest BCUT2D eigenvalue weighted by molar-refractivity contribution is 6.32. The van der Waals surface area contributed by atoms with Crippen LogP contribution in [0.5, 0.6) is 5.75 Å². The largest absolute Gasteiger partial charge is 0.489 e. The van der Waals surface area contributed by atoms with E-state index in [0.717, 1.165) is 25.4 Å². The molecule has 1 heterocycles. The summed E-state index contributed by atoms with van der Waals surface area (Å²) in [6, 6.07) is 6.36. The average molecular weight is 255 g/mol. The van der Waals surface area contributed by atoms with Crippen LogP contribution >= 0.6 is 11.6 Å². The fraction of sp³-hybridized carbons (Fsp3) is 0.538. The van der Waals surface area contributed by atoms with Gasteiger partial charge < -0.3 is 15.4 Å². The Labute approximate surface area is 107 Å². The standard InChI is InChI=1S/C13H19ClN2O/c1-9(2)17-13-4-3-10(7-11(13)14)12-8-15-5-6-16-12/h3-4,7,9,12,15-16H,5-6,8H2,1-2H3. The maximum absolute atomic E-state index is 6.22. The molecule has 0 saturated carbocycles. The first-order valence-corrected chi connectivity index (χ1v) is 6.45. The number of hydrogen-bond acceptors (Lipinski definition) is 3. The molecule has 0 aliphatic carbocycles. The van der Waals surface area contributed by atoms with Crippen LogP contribution in [0.25, 0.3) is 0 Å². The van der Waals surface area contributed by atoms with Gasteiger partial charge in [0.25, 0.3) is 0 Å². The Balaban J connectivity index is 2.12. The second-order valence-corrected chi connectivity index (χ2v) is 4.97. The molecule has 1 saturated heterocycles. The zero-order valence-electron chi connectivity index (χ0n) is 10.3. The molecular formula is C13H19ClN2O. The van der Waals surface area contributed by atoms with Gasteiger partial charge in [0.2, 0.25) is 0 Å². The van der Waals surface area contributed by atoms with Crippen LogP contribution in [0.2, 0.25) is 5.02 Å². The van der Waals surface area contributed by atoms with E-state index in [2.05, 4.69) is 16.7 Å². The van der Waals surface area contributed by atoms with Gasteiger partial charge in [-0.15, -0.1) is 0 Å². The summed E-state index contributed by atoms with van der Waals surface area (Å²) in [5.74, 6) is 0.759. The third-order valence-corrected chi connectivity index (χ3v) is 3.06. The molecule has 1 unspecified atom stereocenters. The summed E-state index contributed by atoms with van der Waals surface area (Å²) in [6.07, 6.45) is 0.146. The molecule has 1 aliphatic rings. The molecule has 1 fully saturated rings. The summed E-state index contributed by atoms with van der Waals surface area (Å²) in [7, 11) is 0. The Kier molecular flexibility index (Phi) is 4.26. The van der Waals surface area contributed by atoms with Crippen molar-refractivity contribution in [3.63, 3.8) is 0 Å². The highest BCUT2D eigenvalue weighted by Gasteiger charge is 2.15. The van der Waals surface area contributed by atoms with Gasteiger partial charge in [0.1, 0.15) is 5.75 Å². The van der Waals surface area contributed by atoms with E-state index in [4.69, 9.17) is 16.3 Å². The minimum absolute atomic E-state index is 0.146. The SMILES string of the molecule is CC(C)Oc1ccc(C2CNCCN2)cc1Cl. The van der Waals surface area contributed by atoms with Crippen molar-refractivity contribution >= 4 is 11.6 Å². The molecule has 3 nitrogen and oxygen atoms in total. The van der Waals surface area contributed by atoms with E-state index in [1.165, 1.54) is 5.56 Å². The highest BCUT2D eigenvalue weighted by atomic mass is 35.5. The molecular weight excluding hydrogens is 236 g/mol. The van der Waals surface area contributed by atoms with Crippen LogP contribution in [-0.2, 0) is 0 Å². The summed E-state index contributed by atoms with van der Waals surface area (Å²) in [4.78, 5) is 0. The molecule has 0 aromatic heterocycles. The summed E-state index contributed by atoms with van der Waals surface area (Å²) in [5.41, 5.74) is 1.21. The third-order valence-electron chi connectivity index (χ3n) is 2.76. The Morgan fingerprint density at radius 1 is 1.35 bits per heavy atom. The monoisotopic (exact) mass is 254 g/mol. The smallest absolute Gasteiger partial charge is 0.138 e. The van der Waals surface area contributed by atoms with Gasteiger partial charge >= 0.3 is 0 Å². The summed E-state index contributed by atoms with van der Waals surface area (Å²) in [5, 5.41) is 7.51. The van der Waals surface area contributed by atoms with Crippen molar-refractivity contribution in [1.82, 2.24) is 10.6 Å². The summed E-state index contributed by atoms with van der Waals surface area (Å²) < 4.78 is 5.62. The van der Waals surface area contributed by atoms with E-state index in [9.17, 15) is 0 Å². The van der Waals surface area contributed by atoms with Gasteiger partial charge in [-0.05, 0) is 31.5 Å². The zero-order chi connectivity index (χ0) is 12.3. The van der Waals surface area contributed by atoms with Crippen LogP contribution in [-0.4, -0.2) is 25.7 Å². The van der Waals surface area contributed by atoms with Crippen LogP contribution in [0.15, 0.2) is 18.2 Å². The molecule has 1 aromatic rings. The Morgan fingerprint density at radius 3 is 2.76 bits per heavy atom. The van der Waals surface area contributed by atoms with Gasteiger partial charge in [-0.2, -0.15) is 0 Å². The molecule has 1 aromatic carbocycles. The lowest BCUT2D eigenvalue weighted by atomic mass is 10.1. The van der Waals surface area contributed by atoms with Crippen LogP contribution in [0.3, 0.4) is 0 Å². The van der Waals surface area contributed by atoms with Crippen LogP contribution in [0.1, 0.15) is 25.5 Å². The minimum Gasteiger partial charge on any atom is -0.489 e. The maximum atomic E-state index is 6.22. The van der Waals surface area contributed by atoms with Crippen molar-refractivity contribution in [1.29, 1.82) is 0 Å². The zero-order valence-corrected chi connectivity index (χ0v) is 11.1. The number of nitrogens with one attached hydrogen (secondary N) is 2. The quantitative estimate of drug-likeness (QED) is 0.869. The maximum Gasteiger partial charge on any atom is 0.138 e. The first kappa shape index (κ1) is 12.7. The lowest BCUT2D eigenvalue weighted by Crippen LogP contribution is -2.42. The van der Waals surface area contributed by atoms with E-state index in [1.54, 1.807) is 0 Å². The van der Waals surface area contributed by atoms with E-state index in [1.807, 2.05) is 26.0 Å². The lowest BCUT2D eigenvalue weighted by Gasteiger charge is -2.25. The van der Waals surface area contributed by atoms with Crippen LogP contribution < -0.4 is 15.4 Å². The van der Waals surface area contributed by atoms with Crippen LogP contribution in [0.4, 0.5) is 0 Å². The number of ether oxygens (including phenoxy) is 1. The van der Waals surface area contributed by atoms with Crippen molar-refractivity contribution < 1.29 is 4.74 Å². The first-order valence-electron chi connectivity index (χ1n) is 6.07. The second kappa shape index (κ2) is 5.71. The van der Waals surface area contributed by atoms with Gasteiger partial charge in [0.15, 0.2) is 0 Å². The molecule has 0 bridgehead atoms. The third kappa shape index (κ3) is 3.35. The van der Waals surface area contributed by atoms with Crippen molar-refractivity contribution in [2.24, 2.45) is 0 Å².